The molecule has 5 heterocycles. The number of primary amides is 1. The molecule has 2 aromatic heterocycles. The molecule has 2 unspecified atom stereocenters. The lowest BCUT2D eigenvalue weighted by Crippen LogP contribution is -2.40. The van der Waals surface area contributed by atoms with Gasteiger partial charge in [0.05, 0.1) is 19.5 Å². The average molecular weight is 756 g/mol. The maximum atomic E-state index is 12.4. The number of carbonyl (C=O) groups excluding carboxylic acids is 1. The Bertz CT molecular complexity index is 1630. The second kappa shape index (κ2) is 17.0. The topological polar surface area (TPSA) is 358 Å². The Hall–Kier alpha value is -2.96. The van der Waals surface area contributed by atoms with Crippen molar-refractivity contribution < 1.29 is 77.2 Å². The number of imidazole rings is 1. The molecule has 2 fully saturated rings. The number of hydrogen-bond donors (Lipinski definition) is 10. The maximum absolute atomic E-state index is 12.4. The standard InChI is InChI=1S/C21H29N7O14P2.C4H10O2/c22-17-12-19(25-7-24-17)28(8-26-12)21-16(32)14(30)11(41-21)6-39-44(36,37)42-43(34,35)38-5-10-13(29)15(31)20(40-10)27-3-1-2-9(4-27)18(23)33;5-3-1-2-4-6/h1,3-4,7-8,10-11,13-16,20-21,29-32H,2,5-6H2,(H2,23,33)(H,34,35)(H,36,37)(H2,22,24,25);5-6H,1-4H2/t10-,11-,13-,14-,15-,16-,20-,21-;/m1./s1. The number of rotatable bonds is 14. The zero-order valence-corrected chi connectivity index (χ0v) is 27.9. The van der Waals surface area contributed by atoms with Gasteiger partial charge >= 0.3 is 15.6 Å². The summed E-state index contributed by atoms with van der Waals surface area (Å²) in [6.07, 6.45) is -3.44. The molecule has 0 bridgehead atoms. The first-order valence-corrected chi connectivity index (χ1v) is 17.9. The molecular formula is C25H39N7O16P2. The molecule has 12 N–H and O–H groups in total. The van der Waals surface area contributed by atoms with Gasteiger partial charge in [-0.15, -0.1) is 0 Å². The first-order chi connectivity index (χ1) is 23.6. The smallest absolute Gasteiger partial charge is 0.396 e. The van der Waals surface area contributed by atoms with Crippen molar-refractivity contribution in [2.24, 2.45) is 5.73 Å². The fourth-order valence-electron chi connectivity index (χ4n) is 4.90. The summed E-state index contributed by atoms with van der Waals surface area (Å²) < 4.78 is 50.8. The second-order valence-electron chi connectivity index (χ2n) is 11.0. The van der Waals surface area contributed by atoms with Gasteiger partial charge in [0.1, 0.15) is 48.5 Å². The van der Waals surface area contributed by atoms with Crippen LogP contribution in [0.15, 0.2) is 36.7 Å². The van der Waals surface area contributed by atoms with E-state index in [1.807, 2.05) is 0 Å². The van der Waals surface area contributed by atoms with Crippen LogP contribution in [0.25, 0.3) is 11.2 Å². The van der Waals surface area contributed by atoms with E-state index in [1.54, 1.807) is 6.08 Å². The van der Waals surface area contributed by atoms with E-state index in [9.17, 15) is 44.1 Å². The summed E-state index contributed by atoms with van der Waals surface area (Å²) in [6, 6.07) is 0. The van der Waals surface area contributed by atoms with E-state index in [2.05, 4.69) is 19.3 Å². The van der Waals surface area contributed by atoms with Gasteiger partial charge in [0.2, 0.25) is 5.91 Å². The van der Waals surface area contributed by atoms with Gasteiger partial charge in [0.15, 0.2) is 23.9 Å². The molecule has 23 nitrogen and oxygen atoms in total. The van der Waals surface area contributed by atoms with Crippen molar-refractivity contribution in [1.29, 1.82) is 0 Å². The molecule has 2 saturated heterocycles. The summed E-state index contributed by atoms with van der Waals surface area (Å²) in [5.74, 6) is -0.658. The third-order valence-electron chi connectivity index (χ3n) is 7.44. The number of aliphatic hydroxyl groups is 6. The van der Waals surface area contributed by atoms with Crippen LogP contribution in [0.1, 0.15) is 25.5 Å². The van der Waals surface area contributed by atoms with Crippen LogP contribution < -0.4 is 11.5 Å². The monoisotopic (exact) mass is 755 g/mol. The Balaban J connectivity index is 0.000000860. The van der Waals surface area contributed by atoms with Gasteiger partial charge in [-0.2, -0.15) is 4.31 Å². The molecule has 50 heavy (non-hydrogen) atoms. The van der Waals surface area contributed by atoms with Crippen LogP contribution in [0.5, 0.6) is 0 Å². The van der Waals surface area contributed by atoms with Gasteiger partial charge in [-0.1, -0.05) is 6.08 Å². The van der Waals surface area contributed by atoms with Crippen molar-refractivity contribution in [2.75, 3.05) is 32.2 Å². The number of aliphatic hydroxyl groups excluding tert-OH is 6. The largest absolute Gasteiger partial charge is 0.481 e. The summed E-state index contributed by atoms with van der Waals surface area (Å²) in [7, 11) is -10.7. The minimum atomic E-state index is -5.37. The van der Waals surface area contributed by atoms with Crippen LogP contribution in [0.3, 0.4) is 0 Å². The molecule has 1 amide bonds. The number of phosphoric ester groups is 2. The van der Waals surface area contributed by atoms with E-state index in [1.165, 1.54) is 28.2 Å². The summed E-state index contributed by atoms with van der Waals surface area (Å²) in [4.78, 5) is 44.6. The molecule has 0 spiro atoms. The molecule has 10 atom stereocenters. The van der Waals surface area contributed by atoms with Crippen LogP contribution in [-0.4, -0.2) is 140 Å². The number of nitrogens with two attached hydrogens (primary N) is 2. The number of hydrogen-bond acceptors (Lipinski definition) is 19. The van der Waals surface area contributed by atoms with Crippen LogP contribution >= 0.6 is 15.6 Å². The van der Waals surface area contributed by atoms with Gasteiger partial charge in [-0.3, -0.25) is 18.4 Å². The number of nitrogen functional groups attached to an aromatic ring is 1. The molecule has 0 radical (unpaired) electrons. The molecule has 5 rings (SSSR count). The molecule has 0 saturated carbocycles. The number of aromatic nitrogens is 4. The number of phosphoric acid groups is 2. The zero-order valence-electron chi connectivity index (χ0n) is 26.1. The van der Waals surface area contributed by atoms with Crippen molar-refractivity contribution in [1.82, 2.24) is 24.4 Å². The van der Waals surface area contributed by atoms with Gasteiger partial charge in [0, 0.05) is 31.2 Å². The van der Waals surface area contributed by atoms with Crippen LogP contribution in [0, 0.1) is 0 Å². The molecule has 2 aromatic rings. The lowest BCUT2D eigenvalue weighted by molar-refractivity contribution is -0.115. The van der Waals surface area contributed by atoms with Crippen molar-refractivity contribution in [3.8, 4) is 0 Å². The molecular weight excluding hydrogens is 716 g/mol. The van der Waals surface area contributed by atoms with Crippen molar-refractivity contribution in [3.05, 3.63) is 36.7 Å². The Morgan fingerprint density at radius 1 is 0.900 bits per heavy atom. The highest BCUT2D eigenvalue weighted by molar-refractivity contribution is 7.61. The fraction of sp³-hybridized carbons (Fsp3) is 0.600. The first-order valence-electron chi connectivity index (χ1n) is 14.9. The minimum absolute atomic E-state index is 0.0517. The quantitative estimate of drug-likeness (QED) is 0.0681. The first kappa shape index (κ1) is 39.8. The summed E-state index contributed by atoms with van der Waals surface area (Å²) in [6.45, 7) is -1.40. The molecule has 0 aliphatic carbocycles. The highest BCUT2D eigenvalue weighted by Gasteiger charge is 2.48. The number of fused-ring (bicyclic) bond motifs is 1. The fourth-order valence-corrected chi connectivity index (χ4v) is 6.99. The molecule has 0 aromatic carbocycles. The zero-order chi connectivity index (χ0) is 36.8. The third-order valence-corrected chi connectivity index (χ3v) is 10.0. The predicted molar refractivity (Wildman–Crippen MR) is 165 cm³/mol. The van der Waals surface area contributed by atoms with E-state index in [0.717, 1.165) is 19.2 Å². The Morgan fingerprint density at radius 2 is 1.46 bits per heavy atom. The molecule has 3 aliphatic heterocycles. The van der Waals surface area contributed by atoms with Crippen molar-refractivity contribution in [3.63, 3.8) is 0 Å². The lowest BCUT2D eigenvalue weighted by Gasteiger charge is -2.28. The number of amides is 1. The summed E-state index contributed by atoms with van der Waals surface area (Å²) in [5, 5.41) is 57.8. The van der Waals surface area contributed by atoms with E-state index in [4.69, 9.17) is 40.2 Å². The second-order valence-corrected chi connectivity index (χ2v) is 14.0. The van der Waals surface area contributed by atoms with E-state index in [0.29, 0.717) is 0 Å². The number of allylic oxidation sites excluding steroid dienone is 1. The third kappa shape index (κ3) is 9.67. The Labute approximate surface area is 283 Å². The Kier molecular flexibility index (Phi) is 13.6. The van der Waals surface area contributed by atoms with Crippen molar-refractivity contribution >= 4 is 38.5 Å². The minimum Gasteiger partial charge on any atom is -0.396 e. The van der Waals surface area contributed by atoms with Gasteiger partial charge in [-0.05, 0) is 19.3 Å². The van der Waals surface area contributed by atoms with Gasteiger partial charge < -0.3 is 66.3 Å². The molecule has 3 aliphatic rings. The van der Waals surface area contributed by atoms with E-state index < -0.39 is 83.8 Å². The van der Waals surface area contributed by atoms with Crippen LogP contribution in [0.2, 0.25) is 0 Å². The lowest BCUT2D eigenvalue weighted by atomic mass is 10.1. The molecule has 25 heteroatoms. The van der Waals surface area contributed by atoms with Crippen LogP contribution in [-0.2, 0) is 36.8 Å². The highest BCUT2D eigenvalue weighted by atomic mass is 31.3. The summed E-state index contributed by atoms with van der Waals surface area (Å²) in [5.41, 5.74) is 11.6. The highest BCUT2D eigenvalue weighted by Crippen LogP contribution is 2.60. The predicted octanol–water partition coefficient (Wildman–Crippen LogP) is -2.94. The number of ether oxygens (including phenoxy) is 2. The SMILES string of the molecule is NC(=O)C1=CN([C@@H]2O[C@H](COP(=O)(O)OP(=O)(O)OC[C@H]3O[C@@H](n4cnc5c(N)ncnc54)[C@H](O)[C@@H]3O)[C@@H](O)[C@H]2O)C=CC1.OCCCCO. The number of anilines is 1. The average Bonchev–Trinajstić information content (AvgIpc) is 3.72. The van der Waals surface area contributed by atoms with Gasteiger partial charge in [-0.25, -0.2) is 24.1 Å². The maximum Gasteiger partial charge on any atom is 0.481 e. The van der Waals surface area contributed by atoms with Gasteiger partial charge in [0.25, 0.3) is 0 Å². The molecule has 280 valence electrons. The van der Waals surface area contributed by atoms with E-state index in [-0.39, 0.29) is 42.2 Å². The van der Waals surface area contributed by atoms with E-state index >= 15 is 0 Å². The van der Waals surface area contributed by atoms with Crippen LogP contribution in [0.4, 0.5) is 5.82 Å². The number of nitrogens with zero attached hydrogens (tertiary/aromatic N) is 5. The normalized spacial score (nSPS) is 30.4. The Morgan fingerprint density at radius 3 is 2.02 bits per heavy atom. The summed E-state index contributed by atoms with van der Waals surface area (Å²) >= 11 is 0. The van der Waals surface area contributed by atoms with Crippen molar-refractivity contribution in [2.45, 2.75) is 68.3 Å². The number of carbonyl (C=O) groups is 1. The number of unbranched alkanes of at least 4 members (excludes halogenated alkanes) is 1.